The molecular weight excluding hydrogens is 160 g/mol. The summed E-state index contributed by atoms with van der Waals surface area (Å²) < 4.78 is 0. The first-order valence-electron chi connectivity index (χ1n) is 3.94. The van der Waals surface area contributed by atoms with Gasteiger partial charge in [0.15, 0.2) is 0 Å². The van der Waals surface area contributed by atoms with E-state index in [0.717, 1.165) is 26.2 Å². The van der Waals surface area contributed by atoms with E-state index >= 15 is 0 Å². The van der Waals surface area contributed by atoms with Crippen LogP contribution < -0.4 is 5.32 Å². The van der Waals surface area contributed by atoms with E-state index in [-0.39, 0.29) is 5.91 Å². The molecule has 0 radical (unpaired) electrons. The summed E-state index contributed by atoms with van der Waals surface area (Å²) in [5.41, 5.74) is 0. The van der Waals surface area contributed by atoms with Crippen molar-refractivity contribution in [2.45, 2.75) is 6.42 Å². The van der Waals surface area contributed by atoms with Gasteiger partial charge in [0, 0.05) is 32.6 Å². The van der Waals surface area contributed by atoms with Crippen LogP contribution in [0.15, 0.2) is 0 Å². The maximum Gasteiger partial charge on any atom is 0.223 e. The highest BCUT2D eigenvalue weighted by atomic mass is 32.1. The van der Waals surface area contributed by atoms with Gasteiger partial charge in [-0.25, -0.2) is 0 Å². The van der Waals surface area contributed by atoms with Gasteiger partial charge in [-0.3, -0.25) is 4.79 Å². The van der Waals surface area contributed by atoms with Crippen LogP contribution in [0.5, 0.6) is 0 Å². The molecular formula is C7H14N2OS. The topological polar surface area (TPSA) is 32.3 Å². The van der Waals surface area contributed by atoms with Crippen LogP contribution in [0.2, 0.25) is 0 Å². The van der Waals surface area contributed by atoms with Crippen molar-refractivity contribution in [2.75, 3.05) is 31.9 Å². The fourth-order valence-corrected chi connectivity index (χ4v) is 1.36. The molecule has 3 nitrogen and oxygen atoms in total. The molecule has 0 saturated carbocycles. The van der Waals surface area contributed by atoms with Gasteiger partial charge in [0.1, 0.15) is 0 Å². The number of piperazine rings is 1. The van der Waals surface area contributed by atoms with Crippen molar-refractivity contribution in [3.63, 3.8) is 0 Å². The zero-order valence-electron chi connectivity index (χ0n) is 6.55. The van der Waals surface area contributed by atoms with Crippen LogP contribution >= 0.6 is 12.6 Å². The van der Waals surface area contributed by atoms with Crippen molar-refractivity contribution < 1.29 is 4.79 Å². The van der Waals surface area contributed by atoms with Gasteiger partial charge >= 0.3 is 0 Å². The van der Waals surface area contributed by atoms with Crippen LogP contribution in [0.1, 0.15) is 6.42 Å². The number of carbonyl (C=O) groups excluding carboxylic acids is 1. The highest BCUT2D eigenvalue weighted by Gasteiger charge is 2.14. The van der Waals surface area contributed by atoms with Crippen LogP contribution in [-0.2, 0) is 4.79 Å². The summed E-state index contributed by atoms with van der Waals surface area (Å²) in [6.07, 6.45) is 0.573. The summed E-state index contributed by atoms with van der Waals surface area (Å²) >= 11 is 4.02. The van der Waals surface area contributed by atoms with Crippen LogP contribution in [0.3, 0.4) is 0 Å². The van der Waals surface area contributed by atoms with E-state index in [1.54, 1.807) is 0 Å². The molecule has 0 aromatic heterocycles. The molecule has 4 heteroatoms. The van der Waals surface area contributed by atoms with Crippen molar-refractivity contribution in [3.8, 4) is 0 Å². The Morgan fingerprint density at radius 1 is 1.45 bits per heavy atom. The summed E-state index contributed by atoms with van der Waals surface area (Å²) in [5, 5.41) is 3.20. The second kappa shape index (κ2) is 4.62. The summed E-state index contributed by atoms with van der Waals surface area (Å²) in [4.78, 5) is 13.1. The molecule has 11 heavy (non-hydrogen) atoms. The van der Waals surface area contributed by atoms with Gasteiger partial charge in [0.25, 0.3) is 0 Å². The van der Waals surface area contributed by atoms with Gasteiger partial charge in [0.2, 0.25) is 5.91 Å². The SMILES string of the molecule is O=C(CCS)N1CCNCC1. The molecule has 0 bridgehead atoms. The Bertz CT molecular complexity index is 134. The number of amides is 1. The first kappa shape index (κ1) is 8.87. The normalized spacial score (nSPS) is 18.5. The molecule has 1 fully saturated rings. The van der Waals surface area contributed by atoms with Crippen molar-refractivity contribution in [3.05, 3.63) is 0 Å². The molecule has 1 aliphatic rings. The minimum atomic E-state index is 0.238. The van der Waals surface area contributed by atoms with Crippen LogP contribution in [0, 0.1) is 0 Å². The zero-order valence-corrected chi connectivity index (χ0v) is 7.44. The van der Waals surface area contributed by atoms with Crippen molar-refractivity contribution in [2.24, 2.45) is 0 Å². The predicted molar refractivity (Wildman–Crippen MR) is 47.9 cm³/mol. The zero-order chi connectivity index (χ0) is 8.10. The number of hydrogen-bond donors (Lipinski definition) is 2. The molecule has 0 unspecified atom stereocenters. The average molecular weight is 174 g/mol. The fourth-order valence-electron chi connectivity index (χ4n) is 1.17. The molecule has 0 aromatic carbocycles. The summed E-state index contributed by atoms with van der Waals surface area (Å²) in [6.45, 7) is 3.57. The van der Waals surface area contributed by atoms with E-state index in [2.05, 4.69) is 17.9 Å². The lowest BCUT2D eigenvalue weighted by atomic mass is 10.3. The van der Waals surface area contributed by atoms with E-state index in [9.17, 15) is 4.79 Å². The third kappa shape index (κ3) is 2.71. The summed E-state index contributed by atoms with van der Waals surface area (Å²) in [6, 6.07) is 0. The van der Waals surface area contributed by atoms with E-state index < -0.39 is 0 Å². The van der Waals surface area contributed by atoms with Crippen LogP contribution in [0.4, 0.5) is 0 Å². The van der Waals surface area contributed by atoms with Crippen molar-refractivity contribution >= 4 is 18.5 Å². The van der Waals surface area contributed by atoms with E-state index in [0.29, 0.717) is 12.2 Å². The molecule has 1 rings (SSSR count). The maximum absolute atomic E-state index is 11.2. The molecule has 0 aliphatic carbocycles. The fraction of sp³-hybridized carbons (Fsp3) is 0.857. The Morgan fingerprint density at radius 2 is 2.09 bits per heavy atom. The second-order valence-electron chi connectivity index (χ2n) is 2.60. The smallest absolute Gasteiger partial charge is 0.223 e. The maximum atomic E-state index is 11.2. The number of rotatable bonds is 2. The number of carbonyl (C=O) groups is 1. The molecule has 1 heterocycles. The molecule has 1 N–H and O–H groups in total. The minimum Gasteiger partial charge on any atom is -0.340 e. The number of nitrogens with zero attached hydrogens (tertiary/aromatic N) is 1. The van der Waals surface area contributed by atoms with Crippen LogP contribution in [0.25, 0.3) is 0 Å². The van der Waals surface area contributed by atoms with Gasteiger partial charge in [-0.2, -0.15) is 12.6 Å². The lowest BCUT2D eigenvalue weighted by Gasteiger charge is -2.27. The predicted octanol–water partition coefficient (Wildman–Crippen LogP) is -0.262. The third-order valence-corrected chi connectivity index (χ3v) is 2.02. The molecule has 0 aromatic rings. The number of nitrogens with one attached hydrogen (secondary N) is 1. The van der Waals surface area contributed by atoms with E-state index in [4.69, 9.17) is 0 Å². The first-order valence-corrected chi connectivity index (χ1v) is 4.57. The monoisotopic (exact) mass is 174 g/mol. The summed E-state index contributed by atoms with van der Waals surface area (Å²) in [7, 11) is 0. The minimum absolute atomic E-state index is 0.238. The van der Waals surface area contributed by atoms with Crippen molar-refractivity contribution in [1.82, 2.24) is 10.2 Å². The molecule has 1 aliphatic heterocycles. The molecule has 1 saturated heterocycles. The quantitative estimate of drug-likeness (QED) is 0.565. The highest BCUT2D eigenvalue weighted by Crippen LogP contribution is 1.97. The third-order valence-electron chi connectivity index (χ3n) is 1.80. The summed E-state index contributed by atoms with van der Waals surface area (Å²) in [5.74, 6) is 0.893. The lowest BCUT2D eigenvalue weighted by molar-refractivity contribution is -0.131. The molecule has 64 valence electrons. The van der Waals surface area contributed by atoms with Gasteiger partial charge in [-0.15, -0.1) is 0 Å². The Hall–Kier alpha value is -0.220. The number of hydrogen-bond acceptors (Lipinski definition) is 3. The Kier molecular flexibility index (Phi) is 3.72. The van der Waals surface area contributed by atoms with Crippen LogP contribution in [-0.4, -0.2) is 42.7 Å². The Morgan fingerprint density at radius 3 is 2.64 bits per heavy atom. The Labute approximate surface area is 72.5 Å². The second-order valence-corrected chi connectivity index (χ2v) is 3.05. The molecule has 1 amide bonds. The van der Waals surface area contributed by atoms with Gasteiger partial charge < -0.3 is 10.2 Å². The van der Waals surface area contributed by atoms with E-state index in [1.165, 1.54) is 0 Å². The molecule has 0 atom stereocenters. The standard InChI is InChI=1S/C7H14N2OS/c10-7(1-6-11)9-4-2-8-3-5-9/h8,11H,1-6H2. The Balaban J connectivity index is 2.27. The molecule has 0 spiro atoms. The van der Waals surface area contributed by atoms with Gasteiger partial charge in [0.05, 0.1) is 0 Å². The first-order chi connectivity index (χ1) is 5.34. The highest BCUT2D eigenvalue weighted by molar-refractivity contribution is 7.80. The number of thiol groups is 1. The van der Waals surface area contributed by atoms with Gasteiger partial charge in [-0.1, -0.05) is 0 Å². The average Bonchev–Trinajstić information content (AvgIpc) is 2.07. The van der Waals surface area contributed by atoms with E-state index in [1.807, 2.05) is 4.90 Å². The van der Waals surface area contributed by atoms with Crippen molar-refractivity contribution in [1.29, 1.82) is 0 Å². The van der Waals surface area contributed by atoms with Gasteiger partial charge in [-0.05, 0) is 5.75 Å². The lowest BCUT2D eigenvalue weighted by Crippen LogP contribution is -2.46. The largest absolute Gasteiger partial charge is 0.340 e.